The molecule has 1 N–H and O–H groups in total. The van der Waals surface area contributed by atoms with Gasteiger partial charge in [0.2, 0.25) is 5.91 Å². The zero-order chi connectivity index (χ0) is 17.9. The molecule has 6 heteroatoms. The minimum Gasteiger partial charge on any atom is -0.365 e. The molecule has 0 aliphatic rings. The zero-order valence-electron chi connectivity index (χ0n) is 14.3. The van der Waals surface area contributed by atoms with E-state index in [1.807, 2.05) is 32.0 Å². The van der Waals surface area contributed by atoms with Gasteiger partial charge in [0.25, 0.3) is 5.69 Å². The number of aryl methyl sites for hydroxylation is 3. The minimum atomic E-state index is -0.426. The molecular weight excluding hydrogens is 306 g/mol. The highest BCUT2D eigenvalue weighted by Crippen LogP contribution is 2.24. The maximum Gasteiger partial charge on any atom is 0.269 e. The number of amides is 1. The molecule has 0 fully saturated rings. The van der Waals surface area contributed by atoms with Crippen molar-refractivity contribution in [2.75, 3.05) is 23.8 Å². The van der Waals surface area contributed by atoms with Gasteiger partial charge in [-0.25, -0.2) is 0 Å². The van der Waals surface area contributed by atoms with Crippen LogP contribution in [0.3, 0.4) is 0 Å². The van der Waals surface area contributed by atoms with Crippen molar-refractivity contribution in [1.82, 2.24) is 0 Å². The van der Waals surface area contributed by atoms with Crippen LogP contribution in [0.15, 0.2) is 36.4 Å². The summed E-state index contributed by atoms with van der Waals surface area (Å²) in [6, 6.07) is 10.5. The third-order valence-electron chi connectivity index (χ3n) is 3.93. The lowest BCUT2D eigenvalue weighted by molar-refractivity contribution is -0.384. The molecule has 0 aliphatic heterocycles. The molecule has 1 amide bonds. The molecule has 0 atom stereocenters. The Hall–Kier alpha value is -2.89. The van der Waals surface area contributed by atoms with Gasteiger partial charge in [0.15, 0.2) is 0 Å². The molecule has 126 valence electrons. The third kappa shape index (κ3) is 3.90. The highest BCUT2D eigenvalue weighted by Gasteiger charge is 2.14. The van der Waals surface area contributed by atoms with E-state index in [1.54, 1.807) is 24.9 Å². The van der Waals surface area contributed by atoms with E-state index in [0.29, 0.717) is 0 Å². The largest absolute Gasteiger partial charge is 0.365 e. The van der Waals surface area contributed by atoms with Crippen molar-refractivity contribution in [3.8, 4) is 0 Å². The molecule has 0 unspecified atom stereocenters. The second kappa shape index (κ2) is 7.12. The van der Waals surface area contributed by atoms with E-state index < -0.39 is 4.92 Å². The number of nitro benzene ring substituents is 1. The molecule has 0 spiro atoms. The van der Waals surface area contributed by atoms with Crippen LogP contribution in [-0.4, -0.2) is 24.4 Å². The zero-order valence-corrected chi connectivity index (χ0v) is 14.3. The maximum atomic E-state index is 12.3. The van der Waals surface area contributed by atoms with Gasteiger partial charge in [-0.3, -0.25) is 14.9 Å². The summed E-state index contributed by atoms with van der Waals surface area (Å²) < 4.78 is 0. The second-order valence-corrected chi connectivity index (χ2v) is 5.90. The van der Waals surface area contributed by atoms with Gasteiger partial charge in [0.05, 0.1) is 11.5 Å². The van der Waals surface area contributed by atoms with Gasteiger partial charge in [0, 0.05) is 30.6 Å². The number of hydrogen-bond acceptors (Lipinski definition) is 4. The first-order valence-electron chi connectivity index (χ1n) is 7.62. The molecule has 24 heavy (non-hydrogen) atoms. The highest BCUT2D eigenvalue weighted by molar-refractivity contribution is 5.95. The van der Waals surface area contributed by atoms with Crippen molar-refractivity contribution in [3.05, 3.63) is 63.2 Å². The summed E-state index contributed by atoms with van der Waals surface area (Å²) in [5, 5.41) is 13.7. The number of benzene rings is 2. The standard InChI is InChI=1S/C18H21N3O3/c1-12-6-5-7-13(2)18(12)19-17(22)11-20(4)16-9-8-15(21(23)24)10-14(16)3/h5-10H,11H2,1-4H3,(H,19,22). The van der Waals surface area contributed by atoms with Gasteiger partial charge >= 0.3 is 0 Å². The number of nitrogens with one attached hydrogen (secondary N) is 1. The number of nitrogens with zero attached hydrogens (tertiary/aromatic N) is 2. The first-order valence-corrected chi connectivity index (χ1v) is 7.62. The Morgan fingerprint density at radius 1 is 1.12 bits per heavy atom. The van der Waals surface area contributed by atoms with Crippen LogP contribution in [0, 0.1) is 30.9 Å². The van der Waals surface area contributed by atoms with E-state index in [-0.39, 0.29) is 18.1 Å². The van der Waals surface area contributed by atoms with Crippen molar-refractivity contribution in [1.29, 1.82) is 0 Å². The van der Waals surface area contributed by atoms with Crippen LogP contribution in [0.25, 0.3) is 0 Å². The molecule has 0 bridgehead atoms. The third-order valence-corrected chi connectivity index (χ3v) is 3.93. The lowest BCUT2D eigenvalue weighted by Gasteiger charge is -2.21. The summed E-state index contributed by atoms with van der Waals surface area (Å²) in [6.45, 7) is 5.86. The molecule has 2 aromatic rings. The highest BCUT2D eigenvalue weighted by atomic mass is 16.6. The molecule has 2 rings (SSSR count). The summed E-state index contributed by atoms with van der Waals surface area (Å²) >= 11 is 0. The van der Waals surface area contributed by atoms with Gasteiger partial charge in [-0.05, 0) is 43.5 Å². The molecule has 6 nitrogen and oxygen atoms in total. The van der Waals surface area contributed by atoms with Crippen LogP contribution in [0.1, 0.15) is 16.7 Å². The van der Waals surface area contributed by atoms with Crippen LogP contribution < -0.4 is 10.2 Å². The number of carbonyl (C=O) groups excluding carboxylic acids is 1. The smallest absolute Gasteiger partial charge is 0.269 e. The topological polar surface area (TPSA) is 75.5 Å². The summed E-state index contributed by atoms with van der Waals surface area (Å²) in [6.07, 6.45) is 0. The first kappa shape index (κ1) is 17.5. The fourth-order valence-electron chi connectivity index (χ4n) is 2.67. The van der Waals surface area contributed by atoms with E-state index in [1.165, 1.54) is 12.1 Å². The molecule has 0 saturated heterocycles. The number of nitro groups is 1. The van der Waals surface area contributed by atoms with Gasteiger partial charge in [-0.1, -0.05) is 18.2 Å². The van der Waals surface area contributed by atoms with Crippen molar-refractivity contribution in [2.24, 2.45) is 0 Å². The van der Waals surface area contributed by atoms with Crippen molar-refractivity contribution in [3.63, 3.8) is 0 Å². The van der Waals surface area contributed by atoms with Crippen LogP contribution in [0.2, 0.25) is 0 Å². The summed E-state index contributed by atoms with van der Waals surface area (Å²) in [4.78, 5) is 24.5. The molecule has 0 aromatic heterocycles. The Bertz CT molecular complexity index is 767. The van der Waals surface area contributed by atoms with Gasteiger partial charge in [-0.2, -0.15) is 0 Å². The predicted octanol–water partition coefficient (Wildman–Crippen LogP) is 3.59. The van der Waals surface area contributed by atoms with Crippen LogP contribution in [-0.2, 0) is 4.79 Å². The lowest BCUT2D eigenvalue weighted by atomic mass is 10.1. The number of likely N-dealkylation sites (N-methyl/N-ethyl adjacent to an activating group) is 1. The fourth-order valence-corrected chi connectivity index (χ4v) is 2.67. The Balaban J connectivity index is 2.10. The monoisotopic (exact) mass is 327 g/mol. The maximum absolute atomic E-state index is 12.3. The van der Waals surface area contributed by atoms with Crippen LogP contribution >= 0.6 is 0 Å². The summed E-state index contributed by atoms with van der Waals surface area (Å²) in [7, 11) is 1.79. The van der Waals surface area contributed by atoms with Crippen molar-refractivity contribution >= 4 is 23.0 Å². The fraction of sp³-hybridized carbons (Fsp3) is 0.278. The number of carbonyl (C=O) groups is 1. The first-order chi connectivity index (χ1) is 11.3. The predicted molar refractivity (Wildman–Crippen MR) is 95.6 cm³/mol. The second-order valence-electron chi connectivity index (χ2n) is 5.90. The van der Waals surface area contributed by atoms with E-state index in [0.717, 1.165) is 28.1 Å². The molecule has 2 aromatic carbocycles. The van der Waals surface area contributed by atoms with Crippen LogP contribution in [0.5, 0.6) is 0 Å². The Morgan fingerprint density at radius 3 is 2.29 bits per heavy atom. The van der Waals surface area contributed by atoms with Crippen LogP contribution in [0.4, 0.5) is 17.1 Å². The quantitative estimate of drug-likeness (QED) is 0.672. The number of rotatable bonds is 5. The summed E-state index contributed by atoms with van der Waals surface area (Å²) in [5.41, 5.74) is 4.44. The van der Waals surface area contributed by atoms with Crippen molar-refractivity contribution in [2.45, 2.75) is 20.8 Å². The number of non-ortho nitro benzene ring substituents is 1. The molecule has 0 aliphatic carbocycles. The molecule has 0 saturated carbocycles. The van der Waals surface area contributed by atoms with E-state index in [2.05, 4.69) is 5.32 Å². The lowest BCUT2D eigenvalue weighted by Crippen LogP contribution is -2.30. The average Bonchev–Trinajstić information content (AvgIpc) is 2.50. The Morgan fingerprint density at radius 2 is 1.75 bits per heavy atom. The van der Waals surface area contributed by atoms with Gasteiger partial charge in [0.1, 0.15) is 0 Å². The SMILES string of the molecule is Cc1cc([N+](=O)[O-])ccc1N(C)CC(=O)Nc1c(C)cccc1C. The minimum absolute atomic E-state index is 0.0460. The number of anilines is 2. The Labute approximate surface area is 141 Å². The normalized spacial score (nSPS) is 10.3. The number of para-hydroxylation sites is 1. The van der Waals surface area contributed by atoms with E-state index in [4.69, 9.17) is 0 Å². The van der Waals surface area contributed by atoms with Gasteiger partial charge < -0.3 is 10.2 Å². The molecule has 0 heterocycles. The summed E-state index contributed by atoms with van der Waals surface area (Å²) in [5.74, 6) is -0.132. The number of hydrogen-bond donors (Lipinski definition) is 1. The van der Waals surface area contributed by atoms with Crippen molar-refractivity contribution < 1.29 is 9.72 Å². The Kier molecular flexibility index (Phi) is 5.18. The molecule has 0 radical (unpaired) electrons. The molecular formula is C18H21N3O3. The average molecular weight is 327 g/mol. The van der Waals surface area contributed by atoms with E-state index >= 15 is 0 Å². The van der Waals surface area contributed by atoms with E-state index in [9.17, 15) is 14.9 Å². The van der Waals surface area contributed by atoms with Gasteiger partial charge in [-0.15, -0.1) is 0 Å².